The number of rotatable bonds is 0. The molecule has 0 aromatic rings. The van der Waals surface area contributed by atoms with E-state index < -0.39 is 10.4 Å². The normalized spacial score (nSPS) is 26.9. The molecule has 0 aliphatic heterocycles. The molecule has 2 atom stereocenters. The molecule has 6 nitrogen and oxygen atoms in total. The van der Waals surface area contributed by atoms with Crippen LogP contribution in [0.4, 0.5) is 0 Å². The van der Waals surface area contributed by atoms with E-state index in [9.17, 15) is 0 Å². The van der Waals surface area contributed by atoms with E-state index in [1.54, 1.807) is 0 Å². The van der Waals surface area contributed by atoms with Gasteiger partial charge >= 0.3 is 21.1 Å². The van der Waals surface area contributed by atoms with E-state index in [1.807, 2.05) is 0 Å². The van der Waals surface area contributed by atoms with Crippen molar-refractivity contribution in [3.63, 3.8) is 0 Å². The Morgan fingerprint density at radius 3 is 1.36 bits per heavy atom. The minimum atomic E-state index is -5.17. The van der Waals surface area contributed by atoms with Crippen molar-refractivity contribution in [3.05, 3.63) is 0 Å². The summed E-state index contributed by atoms with van der Waals surface area (Å²) in [6, 6.07) is 0.562. The summed E-state index contributed by atoms with van der Waals surface area (Å²) < 4.78 is 34.1. The van der Waals surface area contributed by atoms with Crippen molar-refractivity contribution in [3.8, 4) is 0 Å². The summed E-state index contributed by atoms with van der Waals surface area (Å²) in [5.74, 6) is 0. The maximum absolute atomic E-state index is 8.52. The molecule has 0 aromatic heterocycles. The van der Waals surface area contributed by atoms with Gasteiger partial charge in [0.15, 0.2) is 0 Å². The standard InChI is InChI=1S/C6H14N2.H2O4S.Pt/c7-5-3-1-2-4-6(5)8;1-5(2,3)4;/h5-6H,1-4,7-8H2;(H2,1,2,3,4);/q;;+4/p-2/t5-,6-;;/m0../s1. The van der Waals surface area contributed by atoms with E-state index in [4.69, 9.17) is 29.0 Å². The van der Waals surface area contributed by atoms with Crippen LogP contribution in [0.15, 0.2) is 0 Å². The predicted octanol–water partition coefficient (Wildman–Crippen LogP) is -1.13. The Kier molecular flexibility index (Phi) is 9.33. The smallest absolute Gasteiger partial charge is 0.759 e. The molecular formula is C6H14N2O4PtS+2. The Labute approximate surface area is 98.3 Å². The van der Waals surface area contributed by atoms with Crippen LogP contribution in [0.5, 0.6) is 0 Å². The predicted molar refractivity (Wildman–Crippen MR) is 44.9 cm³/mol. The fourth-order valence-corrected chi connectivity index (χ4v) is 1.19. The first-order valence-electron chi connectivity index (χ1n) is 3.98. The molecule has 86 valence electrons. The molecule has 0 radical (unpaired) electrons. The zero-order valence-electron chi connectivity index (χ0n) is 7.50. The summed E-state index contributed by atoms with van der Waals surface area (Å²) in [6.07, 6.45) is 4.80. The molecular weight excluding hydrogens is 391 g/mol. The van der Waals surface area contributed by atoms with Gasteiger partial charge < -0.3 is 20.6 Å². The Morgan fingerprint density at radius 1 is 1.00 bits per heavy atom. The van der Waals surface area contributed by atoms with Gasteiger partial charge in [-0.2, -0.15) is 0 Å². The molecule has 4 N–H and O–H groups in total. The minimum Gasteiger partial charge on any atom is -0.759 e. The monoisotopic (exact) mass is 405 g/mol. The number of hydrogen-bond donors (Lipinski definition) is 2. The van der Waals surface area contributed by atoms with Gasteiger partial charge in [-0.25, -0.2) is 0 Å². The Morgan fingerprint density at radius 2 is 1.21 bits per heavy atom. The van der Waals surface area contributed by atoms with Gasteiger partial charge in [-0.3, -0.25) is 8.42 Å². The van der Waals surface area contributed by atoms with Crippen molar-refractivity contribution in [2.75, 3.05) is 0 Å². The summed E-state index contributed by atoms with van der Waals surface area (Å²) in [5, 5.41) is 0. The first-order chi connectivity index (χ1) is 5.80. The van der Waals surface area contributed by atoms with E-state index in [0.717, 1.165) is 12.8 Å². The second-order valence-corrected chi connectivity index (χ2v) is 3.84. The van der Waals surface area contributed by atoms with Crippen LogP contribution in [0.25, 0.3) is 0 Å². The summed E-state index contributed by atoms with van der Waals surface area (Å²) in [5.41, 5.74) is 11.3. The van der Waals surface area contributed by atoms with Crippen molar-refractivity contribution in [1.82, 2.24) is 0 Å². The first-order valence-corrected chi connectivity index (χ1v) is 5.32. The molecule has 1 rings (SSSR count). The zero-order chi connectivity index (χ0) is 10.5. The van der Waals surface area contributed by atoms with Gasteiger partial charge in [-0.1, -0.05) is 12.8 Å². The van der Waals surface area contributed by atoms with Crippen molar-refractivity contribution in [1.29, 1.82) is 0 Å². The first kappa shape index (κ1) is 16.9. The SMILES string of the molecule is N[C@H]1CCCC[C@@H]1N.O=S(=O)([O-])[O-].[Pt+4]. The summed E-state index contributed by atoms with van der Waals surface area (Å²) in [4.78, 5) is 0. The van der Waals surface area contributed by atoms with E-state index in [-0.39, 0.29) is 33.1 Å². The molecule has 1 fully saturated rings. The largest absolute Gasteiger partial charge is 4.00 e. The molecule has 8 heteroatoms. The van der Waals surface area contributed by atoms with Crippen LogP contribution in [0, 0.1) is 0 Å². The van der Waals surface area contributed by atoms with Gasteiger partial charge in [-0.05, 0) is 12.8 Å². The fourth-order valence-electron chi connectivity index (χ4n) is 1.19. The van der Waals surface area contributed by atoms with Crippen molar-refractivity contribution < 1.29 is 38.6 Å². The third kappa shape index (κ3) is 12.5. The van der Waals surface area contributed by atoms with Crippen LogP contribution in [-0.4, -0.2) is 29.6 Å². The van der Waals surface area contributed by atoms with Gasteiger partial charge in [0.25, 0.3) is 0 Å². The molecule has 0 saturated heterocycles. The molecule has 0 amide bonds. The Hall–Kier alpha value is 0.478. The molecule has 0 heterocycles. The molecule has 0 spiro atoms. The van der Waals surface area contributed by atoms with Crippen LogP contribution in [0.3, 0.4) is 0 Å². The van der Waals surface area contributed by atoms with Gasteiger partial charge in [0.05, 0.1) is 0 Å². The van der Waals surface area contributed by atoms with E-state index in [1.165, 1.54) is 12.8 Å². The van der Waals surface area contributed by atoms with E-state index in [0.29, 0.717) is 0 Å². The zero-order valence-corrected chi connectivity index (χ0v) is 10.6. The Bertz CT molecular complexity index is 216. The van der Waals surface area contributed by atoms with E-state index in [2.05, 4.69) is 0 Å². The van der Waals surface area contributed by atoms with Crippen LogP contribution in [-0.2, 0) is 31.5 Å². The minimum absolute atomic E-state index is 0. The fraction of sp³-hybridized carbons (Fsp3) is 1.00. The second-order valence-electron chi connectivity index (χ2n) is 3.02. The van der Waals surface area contributed by atoms with Crippen LogP contribution in [0.2, 0.25) is 0 Å². The van der Waals surface area contributed by atoms with Crippen molar-refractivity contribution >= 4 is 10.4 Å². The number of nitrogens with two attached hydrogens (primary N) is 2. The van der Waals surface area contributed by atoms with Crippen molar-refractivity contribution in [2.24, 2.45) is 11.5 Å². The molecule has 0 unspecified atom stereocenters. The van der Waals surface area contributed by atoms with Gasteiger partial charge in [0.2, 0.25) is 0 Å². The Balaban J connectivity index is 0. The van der Waals surface area contributed by atoms with E-state index >= 15 is 0 Å². The van der Waals surface area contributed by atoms with Gasteiger partial charge in [0.1, 0.15) is 0 Å². The second kappa shape index (κ2) is 7.73. The average molecular weight is 405 g/mol. The maximum atomic E-state index is 8.52. The number of hydrogen-bond acceptors (Lipinski definition) is 6. The summed E-state index contributed by atoms with van der Waals surface area (Å²) in [6.45, 7) is 0. The molecule has 1 aliphatic rings. The summed E-state index contributed by atoms with van der Waals surface area (Å²) >= 11 is 0. The van der Waals surface area contributed by atoms with Crippen LogP contribution in [0.1, 0.15) is 25.7 Å². The topological polar surface area (TPSA) is 132 Å². The van der Waals surface area contributed by atoms with Gasteiger partial charge in [0, 0.05) is 22.5 Å². The molecule has 1 saturated carbocycles. The third-order valence-corrected chi connectivity index (χ3v) is 1.87. The van der Waals surface area contributed by atoms with Crippen molar-refractivity contribution in [2.45, 2.75) is 37.8 Å². The quantitative estimate of drug-likeness (QED) is 0.387. The molecule has 1 aliphatic carbocycles. The molecule has 0 bridgehead atoms. The van der Waals surface area contributed by atoms with Crippen LogP contribution < -0.4 is 11.5 Å². The molecule has 0 aromatic carbocycles. The van der Waals surface area contributed by atoms with Gasteiger partial charge in [-0.15, -0.1) is 0 Å². The molecule has 14 heavy (non-hydrogen) atoms. The average Bonchev–Trinajstić information content (AvgIpc) is 1.92. The third-order valence-electron chi connectivity index (χ3n) is 1.87. The summed E-state index contributed by atoms with van der Waals surface area (Å²) in [7, 11) is -5.17. The maximum Gasteiger partial charge on any atom is 4.00 e. The van der Waals surface area contributed by atoms with Crippen LogP contribution >= 0.6 is 0 Å².